The third kappa shape index (κ3) is 4.69. The first-order valence-electron chi connectivity index (χ1n) is 13.6. The lowest BCUT2D eigenvalue weighted by atomic mass is 10.1. The van der Waals surface area contributed by atoms with Crippen LogP contribution in [0.5, 0.6) is 0 Å². The number of aliphatic hydroxyl groups is 1. The predicted molar refractivity (Wildman–Crippen MR) is 153 cm³/mol. The van der Waals surface area contributed by atoms with E-state index in [2.05, 4.69) is 35.0 Å². The Kier molecular flexibility index (Phi) is 6.47. The molecule has 1 aliphatic rings. The summed E-state index contributed by atoms with van der Waals surface area (Å²) in [6, 6.07) is 10.5. The van der Waals surface area contributed by atoms with E-state index in [1.165, 1.54) is 16.8 Å². The lowest BCUT2D eigenvalue weighted by Crippen LogP contribution is -2.47. The van der Waals surface area contributed by atoms with Crippen LogP contribution in [0, 0.1) is 5.82 Å². The molecule has 14 heteroatoms. The number of rotatable bonds is 7. The summed E-state index contributed by atoms with van der Waals surface area (Å²) >= 11 is 0. The van der Waals surface area contributed by atoms with E-state index in [0.717, 1.165) is 30.6 Å². The van der Waals surface area contributed by atoms with Crippen molar-refractivity contribution in [3.05, 3.63) is 66.8 Å². The van der Waals surface area contributed by atoms with Crippen molar-refractivity contribution in [1.82, 2.24) is 44.2 Å². The summed E-state index contributed by atoms with van der Waals surface area (Å²) in [7, 11) is 0. The van der Waals surface area contributed by atoms with Crippen LogP contribution < -0.4 is 10.6 Å². The molecule has 0 bridgehead atoms. The number of halogens is 1. The monoisotopic (exact) mass is 569 g/mol. The molecule has 0 aliphatic carbocycles. The molecule has 1 fully saturated rings. The number of aliphatic hydroxyl groups excluding tert-OH is 1. The van der Waals surface area contributed by atoms with Crippen LogP contribution in [0.25, 0.3) is 39.5 Å². The fourth-order valence-corrected chi connectivity index (χ4v) is 5.20. The highest BCUT2D eigenvalue weighted by molar-refractivity contribution is 5.90. The van der Waals surface area contributed by atoms with Crippen molar-refractivity contribution >= 4 is 28.3 Å². The Bertz CT molecular complexity index is 1870. The highest BCUT2D eigenvalue weighted by Crippen LogP contribution is 2.29. The molecule has 6 aromatic rings. The number of pyridine rings is 1. The molecular weight excluding hydrogens is 541 g/mol. The minimum absolute atomic E-state index is 0.222. The van der Waals surface area contributed by atoms with E-state index in [0.29, 0.717) is 53.8 Å². The molecule has 42 heavy (non-hydrogen) atoms. The van der Waals surface area contributed by atoms with Gasteiger partial charge in [0.2, 0.25) is 17.7 Å². The normalized spacial score (nSPS) is 15.2. The maximum atomic E-state index is 14.8. The molecule has 0 spiro atoms. The Hall–Kier alpha value is -4.95. The quantitative estimate of drug-likeness (QED) is 0.292. The molecular formula is C28H28FN11O2. The molecule has 0 amide bonds. The van der Waals surface area contributed by atoms with Crippen LogP contribution >= 0.6 is 0 Å². The standard InChI is InChI=1S/C28H28FN11O2/c1-17(41)27-33-22(16-42-27)18-5-6-20(29)23(14-18)38-11-8-37(9-12-38)10-13-39-25-19(15-32-39)26-34-24(21-4-2-3-7-31-21)36-40(26)28(30)35-25/h2-7,14-17,41H,8-13H2,1H3,(H2,30,35). The Morgan fingerprint density at radius 1 is 1.02 bits per heavy atom. The summed E-state index contributed by atoms with van der Waals surface area (Å²) in [5.74, 6) is 0.630. The molecule has 0 radical (unpaired) electrons. The lowest BCUT2D eigenvalue weighted by Gasteiger charge is -2.36. The van der Waals surface area contributed by atoms with Gasteiger partial charge in [0.1, 0.15) is 29.6 Å². The van der Waals surface area contributed by atoms with Crippen molar-refractivity contribution in [3.63, 3.8) is 0 Å². The number of fused-ring (bicyclic) bond motifs is 3. The molecule has 5 aromatic heterocycles. The van der Waals surface area contributed by atoms with Gasteiger partial charge < -0.3 is 20.2 Å². The fourth-order valence-electron chi connectivity index (χ4n) is 5.20. The second kappa shape index (κ2) is 10.5. The first kappa shape index (κ1) is 26.0. The highest BCUT2D eigenvalue weighted by Gasteiger charge is 2.22. The average Bonchev–Trinajstić information content (AvgIpc) is 3.76. The fraction of sp³-hybridized carbons (Fsp3) is 0.286. The molecule has 1 aromatic carbocycles. The van der Waals surface area contributed by atoms with E-state index in [1.807, 2.05) is 27.8 Å². The van der Waals surface area contributed by atoms with E-state index in [9.17, 15) is 9.50 Å². The van der Waals surface area contributed by atoms with Crippen molar-refractivity contribution in [2.45, 2.75) is 19.6 Å². The maximum absolute atomic E-state index is 14.8. The number of hydrogen-bond donors (Lipinski definition) is 2. The highest BCUT2D eigenvalue weighted by atomic mass is 19.1. The lowest BCUT2D eigenvalue weighted by molar-refractivity contribution is 0.163. The van der Waals surface area contributed by atoms with Crippen LogP contribution in [0.2, 0.25) is 0 Å². The number of aromatic nitrogens is 8. The molecule has 0 saturated carbocycles. The van der Waals surface area contributed by atoms with Gasteiger partial charge in [-0.3, -0.25) is 9.88 Å². The van der Waals surface area contributed by atoms with E-state index in [-0.39, 0.29) is 17.7 Å². The number of benzene rings is 1. The van der Waals surface area contributed by atoms with Gasteiger partial charge in [0.15, 0.2) is 11.3 Å². The van der Waals surface area contributed by atoms with Gasteiger partial charge in [-0.1, -0.05) is 6.07 Å². The third-order valence-corrected chi connectivity index (χ3v) is 7.45. The summed E-state index contributed by atoms with van der Waals surface area (Å²) in [5.41, 5.74) is 9.93. The zero-order valence-corrected chi connectivity index (χ0v) is 22.8. The SMILES string of the molecule is CC(O)c1nc(-c2ccc(F)c(N3CCN(CCn4ncc5c4nc(N)n4nc(-c6ccccn6)nc54)CC3)c2)co1. The first-order chi connectivity index (χ1) is 20.4. The zero-order valence-electron chi connectivity index (χ0n) is 22.8. The Balaban J connectivity index is 1.03. The number of nitrogens with two attached hydrogens (primary N) is 1. The minimum atomic E-state index is -0.812. The van der Waals surface area contributed by atoms with Gasteiger partial charge in [0.05, 0.1) is 23.8 Å². The van der Waals surface area contributed by atoms with Crippen LogP contribution in [0.3, 0.4) is 0 Å². The second-order valence-corrected chi connectivity index (χ2v) is 10.2. The molecule has 6 heterocycles. The van der Waals surface area contributed by atoms with Gasteiger partial charge in [0.25, 0.3) is 0 Å². The Morgan fingerprint density at radius 2 is 1.88 bits per heavy atom. The van der Waals surface area contributed by atoms with Crippen molar-refractivity contribution < 1.29 is 13.9 Å². The molecule has 7 rings (SSSR count). The average molecular weight is 570 g/mol. The minimum Gasteiger partial charge on any atom is -0.446 e. The van der Waals surface area contributed by atoms with Crippen LogP contribution in [0.15, 0.2) is 59.5 Å². The van der Waals surface area contributed by atoms with Crippen LogP contribution in [-0.2, 0) is 6.54 Å². The Labute approximate surface area is 239 Å². The molecule has 1 aliphatic heterocycles. The van der Waals surface area contributed by atoms with E-state index < -0.39 is 6.10 Å². The Morgan fingerprint density at radius 3 is 2.64 bits per heavy atom. The van der Waals surface area contributed by atoms with E-state index in [4.69, 9.17) is 10.2 Å². The molecule has 13 nitrogen and oxygen atoms in total. The molecule has 214 valence electrons. The van der Waals surface area contributed by atoms with Gasteiger partial charge in [-0.25, -0.2) is 19.0 Å². The third-order valence-electron chi connectivity index (χ3n) is 7.45. The summed E-state index contributed by atoms with van der Waals surface area (Å²) in [6.45, 7) is 5.79. The van der Waals surface area contributed by atoms with Crippen molar-refractivity contribution in [2.75, 3.05) is 43.4 Å². The molecule has 1 atom stereocenters. The van der Waals surface area contributed by atoms with E-state index in [1.54, 1.807) is 31.5 Å². The van der Waals surface area contributed by atoms with Gasteiger partial charge in [-0.2, -0.15) is 14.6 Å². The van der Waals surface area contributed by atoms with E-state index >= 15 is 0 Å². The van der Waals surface area contributed by atoms with Crippen LogP contribution in [0.4, 0.5) is 16.0 Å². The number of hydrogen-bond acceptors (Lipinski definition) is 11. The maximum Gasteiger partial charge on any atom is 0.225 e. The van der Waals surface area contributed by atoms with Crippen molar-refractivity contribution in [2.24, 2.45) is 0 Å². The van der Waals surface area contributed by atoms with Gasteiger partial charge >= 0.3 is 0 Å². The number of nitrogen functional groups attached to an aromatic ring is 1. The largest absolute Gasteiger partial charge is 0.446 e. The summed E-state index contributed by atoms with van der Waals surface area (Å²) in [4.78, 5) is 22.2. The molecule has 3 N–H and O–H groups in total. The summed E-state index contributed by atoms with van der Waals surface area (Å²) < 4.78 is 23.5. The second-order valence-electron chi connectivity index (χ2n) is 10.2. The van der Waals surface area contributed by atoms with Crippen LogP contribution in [0.1, 0.15) is 18.9 Å². The van der Waals surface area contributed by atoms with Crippen molar-refractivity contribution in [1.29, 1.82) is 0 Å². The van der Waals surface area contributed by atoms with Crippen molar-refractivity contribution in [3.8, 4) is 22.8 Å². The molecule has 1 unspecified atom stereocenters. The summed E-state index contributed by atoms with van der Waals surface area (Å²) in [6.07, 6.45) is 4.09. The smallest absolute Gasteiger partial charge is 0.225 e. The van der Waals surface area contributed by atoms with Gasteiger partial charge in [-0.05, 0) is 37.3 Å². The summed E-state index contributed by atoms with van der Waals surface area (Å²) in [5, 5.41) is 19.5. The van der Waals surface area contributed by atoms with Crippen LogP contribution in [-0.4, -0.2) is 82.1 Å². The molecule has 1 saturated heterocycles. The predicted octanol–water partition coefficient (Wildman–Crippen LogP) is 2.79. The number of oxazole rings is 1. The van der Waals surface area contributed by atoms with Gasteiger partial charge in [0, 0.05) is 44.5 Å². The topological polar surface area (TPSA) is 153 Å². The van der Waals surface area contributed by atoms with Gasteiger partial charge in [-0.15, -0.1) is 5.10 Å². The zero-order chi connectivity index (χ0) is 28.8. The number of nitrogens with zero attached hydrogens (tertiary/aromatic N) is 10. The first-order valence-corrected chi connectivity index (χ1v) is 13.6. The number of anilines is 2. The number of piperazine rings is 1.